The Morgan fingerprint density at radius 2 is 1.73 bits per heavy atom. The number of carbonyl (C=O) groups is 2. The van der Waals surface area contributed by atoms with Gasteiger partial charge in [0.05, 0.1) is 46.6 Å². The van der Waals surface area contributed by atoms with Crippen molar-refractivity contribution in [2.75, 3.05) is 13.1 Å². The standard InChI is InChI=1S/C29H29N5O3/c1-19(22-10-8-21(14-30)9-11-22)15-31-27(23-6-4-3-5-7-23)28(36)25-17-33-34-18-24(12-13-26(25)34)29(37)32-16-20(2)35/h3-13,17-20,27,31,35H,15-16H2,1-2H3,(H,32,37)/t19-,20-,27+/m1/s1. The lowest BCUT2D eigenvalue weighted by Gasteiger charge is -2.21. The van der Waals surface area contributed by atoms with Gasteiger partial charge in [-0.3, -0.25) is 9.59 Å². The van der Waals surface area contributed by atoms with Gasteiger partial charge < -0.3 is 15.7 Å². The van der Waals surface area contributed by atoms with Crippen LogP contribution in [0.5, 0.6) is 0 Å². The van der Waals surface area contributed by atoms with Crippen molar-refractivity contribution in [3.63, 3.8) is 0 Å². The number of aliphatic hydroxyl groups is 1. The van der Waals surface area contributed by atoms with E-state index in [1.807, 2.05) is 42.5 Å². The van der Waals surface area contributed by atoms with E-state index in [1.54, 1.807) is 37.4 Å². The van der Waals surface area contributed by atoms with Crippen molar-refractivity contribution >= 4 is 17.2 Å². The molecule has 8 nitrogen and oxygen atoms in total. The third-order valence-corrected chi connectivity index (χ3v) is 6.23. The molecule has 0 unspecified atom stereocenters. The Kier molecular flexibility index (Phi) is 8.08. The predicted molar refractivity (Wildman–Crippen MR) is 140 cm³/mol. The fraction of sp³-hybridized carbons (Fsp3) is 0.241. The van der Waals surface area contributed by atoms with Crippen molar-refractivity contribution in [3.8, 4) is 6.07 Å². The van der Waals surface area contributed by atoms with Gasteiger partial charge in [0.2, 0.25) is 0 Å². The summed E-state index contributed by atoms with van der Waals surface area (Å²) in [5.74, 6) is -0.343. The Labute approximate surface area is 215 Å². The number of nitriles is 1. The summed E-state index contributed by atoms with van der Waals surface area (Å²) >= 11 is 0. The van der Waals surface area contributed by atoms with Crippen LogP contribution in [-0.4, -0.2) is 45.6 Å². The van der Waals surface area contributed by atoms with Gasteiger partial charge in [-0.2, -0.15) is 10.4 Å². The van der Waals surface area contributed by atoms with Gasteiger partial charge >= 0.3 is 0 Å². The van der Waals surface area contributed by atoms with E-state index in [2.05, 4.69) is 28.7 Å². The number of pyridine rings is 1. The number of fused-ring (bicyclic) bond motifs is 1. The molecule has 4 rings (SSSR count). The summed E-state index contributed by atoms with van der Waals surface area (Å²) in [6.45, 7) is 4.35. The van der Waals surface area contributed by atoms with E-state index >= 15 is 0 Å². The summed E-state index contributed by atoms with van der Waals surface area (Å²) in [6, 6.07) is 21.9. The first-order valence-corrected chi connectivity index (χ1v) is 12.1. The van der Waals surface area contributed by atoms with Crippen LogP contribution in [0.2, 0.25) is 0 Å². The van der Waals surface area contributed by atoms with Crippen LogP contribution in [0.3, 0.4) is 0 Å². The van der Waals surface area contributed by atoms with Crippen LogP contribution < -0.4 is 10.6 Å². The minimum absolute atomic E-state index is 0.110. The van der Waals surface area contributed by atoms with E-state index in [1.165, 1.54) is 10.7 Å². The largest absolute Gasteiger partial charge is 0.392 e. The van der Waals surface area contributed by atoms with Gasteiger partial charge in [0, 0.05) is 19.3 Å². The third kappa shape index (κ3) is 6.09. The second kappa shape index (κ2) is 11.6. The van der Waals surface area contributed by atoms with Crippen LogP contribution in [0, 0.1) is 11.3 Å². The van der Waals surface area contributed by atoms with E-state index < -0.39 is 12.1 Å². The fourth-order valence-electron chi connectivity index (χ4n) is 4.11. The number of amides is 1. The van der Waals surface area contributed by atoms with Gasteiger partial charge in [-0.1, -0.05) is 49.4 Å². The van der Waals surface area contributed by atoms with E-state index in [-0.39, 0.29) is 24.2 Å². The molecular formula is C29H29N5O3. The molecule has 0 fully saturated rings. The second-order valence-corrected chi connectivity index (χ2v) is 9.12. The molecule has 4 aromatic rings. The Morgan fingerprint density at radius 1 is 1.00 bits per heavy atom. The summed E-state index contributed by atoms with van der Waals surface area (Å²) in [5.41, 5.74) is 3.95. The maximum atomic E-state index is 13.8. The van der Waals surface area contributed by atoms with E-state index in [9.17, 15) is 14.7 Å². The van der Waals surface area contributed by atoms with Crippen molar-refractivity contribution in [3.05, 3.63) is 107 Å². The predicted octanol–water partition coefficient (Wildman–Crippen LogP) is 3.63. The number of hydrogen-bond acceptors (Lipinski definition) is 6. The highest BCUT2D eigenvalue weighted by Crippen LogP contribution is 2.24. The molecule has 2 aromatic heterocycles. The molecule has 8 heteroatoms. The zero-order valence-electron chi connectivity index (χ0n) is 20.8. The van der Waals surface area contributed by atoms with Crippen molar-refractivity contribution in [1.29, 1.82) is 5.26 Å². The highest BCUT2D eigenvalue weighted by atomic mass is 16.3. The van der Waals surface area contributed by atoms with Gasteiger partial charge in [-0.05, 0) is 48.2 Å². The number of ketones is 1. The molecular weight excluding hydrogens is 466 g/mol. The molecule has 2 heterocycles. The lowest BCUT2D eigenvalue weighted by molar-refractivity contribution is 0.0922. The number of Topliss-reactive ketones (excluding diaryl/α,β-unsaturated/α-hetero) is 1. The fourth-order valence-corrected chi connectivity index (χ4v) is 4.11. The van der Waals surface area contributed by atoms with Gasteiger partial charge in [0.1, 0.15) is 0 Å². The number of aromatic nitrogens is 2. The minimum atomic E-state index is -0.649. The quantitative estimate of drug-likeness (QED) is 0.289. The van der Waals surface area contributed by atoms with Crippen LogP contribution in [0.4, 0.5) is 0 Å². The number of nitrogens with zero attached hydrogens (tertiary/aromatic N) is 3. The molecule has 0 radical (unpaired) electrons. The summed E-state index contributed by atoms with van der Waals surface area (Å²) < 4.78 is 1.52. The Hall–Kier alpha value is -4.32. The van der Waals surface area contributed by atoms with Gasteiger partial charge in [0.15, 0.2) is 5.78 Å². The van der Waals surface area contributed by atoms with Crippen LogP contribution >= 0.6 is 0 Å². The van der Waals surface area contributed by atoms with Crippen molar-refractivity contribution in [2.45, 2.75) is 31.9 Å². The number of aliphatic hydroxyl groups excluding tert-OH is 1. The molecule has 0 bridgehead atoms. The molecule has 0 aliphatic heterocycles. The average Bonchev–Trinajstić information content (AvgIpc) is 3.35. The summed E-state index contributed by atoms with van der Waals surface area (Å²) in [6.07, 6.45) is 2.45. The molecule has 188 valence electrons. The zero-order valence-corrected chi connectivity index (χ0v) is 20.8. The molecule has 2 aromatic carbocycles. The lowest BCUT2D eigenvalue weighted by Crippen LogP contribution is -2.31. The number of carbonyl (C=O) groups excluding carboxylic acids is 2. The first kappa shape index (κ1) is 25.8. The summed E-state index contributed by atoms with van der Waals surface area (Å²) in [5, 5.41) is 28.9. The highest BCUT2D eigenvalue weighted by molar-refractivity contribution is 6.06. The van der Waals surface area contributed by atoms with Gasteiger partial charge in [0.25, 0.3) is 5.91 Å². The maximum Gasteiger partial charge on any atom is 0.252 e. The molecule has 37 heavy (non-hydrogen) atoms. The molecule has 1 amide bonds. The number of benzene rings is 2. The zero-order chi connectivity index (χ0) is 26.4. The van der Waals surface area contributed by atoms with Crippen LogP contribution in [0.25, 0.3) is 5.52 Å². The maximum absolute atomic E-state index is 13.8. The average molecular weight is 496 g/mol. The molecule has 0 aliphatic rings. The number of nitrogens with one attached hydrogen (secondary N) is 2. The molecule has 3 atom stereocenters. The Morgan fingerprint density at radius 3 is 2.41 bits per heavy atom. The molecule has 0 aliphatic carbocycles. The number of hydrogen-bond donors (Lipinski definition) is 3. The van der Waals surface area contributed by atoms with Crippen LogP contribution in [0.15, 0.2) is 79.1 Å². The van der Waals surface area contributed by atoms with Crippen molar-refractivity contribution in [2.24, 2.45) is 0 Å². The smallest absolute Gasteiger partial charge is 0.252 e. The lowest BCUT2D eigenvalue weighted by atomic mass is 9.95. The molecule has 3 N–H and O–H groups in total. The second-order valence-electron chi connectivity index (χ2n) is 9.12. The molecule has 0 spiro atoms. The summed E-state index contributed by atoms with van der Waals surface area (Å²) in [4.78, 5) is 26.2. The molecule has 0 saturated heterocycles. The molecule has 0 saturated carbocycles. The normalized spacial score (nSPS) is 13.5. The van der Waals surface area contributed by atoms with Crippen molar-refractivity contribution < 1.29 is 14.7 Å². The van der Waals surface area contributed by atoms with E-state index in [4.69, 9.17) is 5.26 Å². The monoisotopic (exact) mass is 495 g/mol. The third-order valence-electron chi connectivity index (χ3n) is 6.23. The van der Waals surface area contributed by atoms with E-state index in [0.29, 0.717) is 28.8 Å². The minimum Gasteiger partial charge on any atom is -0.392 e. The first-order valence-electron chi connectivity index (χ1n) is 12.1. The highest BCUT2D eigenvalue weighted by Gasteiger charge is 2.25. The van der Waals surface area contributed by atoms with Gasteiger partial charge in [-0.15, -0.1) is 0 Å². The van der Waals surface area contributed by atoms with E-state index in [0.717, 1.165) is 11.1 Å². The Balaban J connectivity index is 1.56. The Bertz CT molecular complexity index is 1420. The van der Waals surface area contributed by atoms with Crippen LogP contribution in [0.1, 0.15) is 63.2 Å². The van der Waals surface area contributed by atoms with Gasteiger partial charge in [-0.25, -0.2) is 4.52 Å². The van der Waals surface area contributed by atoms with Crippen LogP contribution in [-0.2, 0) is 0 Å². The first-order chi connectivity index (χ1) is 17.9. The van der Waals surface area contributed by atoms with Crippen molar-refractivity contribution in [1.82, 2.24) is 20.2 Å². The summed E-state index contributed by atoms with van der Waals surface area (Å²) in [7, 11) is 0. The topological polar surface area (TPSA) is 120 Å². The number of rotatable bonds is 10. The SMILES string of the molecule is C[C@H](CN[C@H](C(=O)c1cnn2cc(C(=O)NC[C@@H](C)O)ccc12)c1ccccc1)c1ccc(C#N)cc1.